The van der Waals surface area contributed by atoms with Gasteiger partial charge in [-0.3, -0.25) is 9.48 Å². The molecule has 3 heterocycles. The molecule has 0 saturated carbocycles. The Kier molecular flexibility index (Phi) is 6.86. The third kappa shape index (κ3) is 5.81. The summed E-state index contributed by atoms with van der Waals surface area (Å²) in [5.41, 5.74) is 0.185. The fourth-order valence-corrected chi connectivity index (χ4v) is 4.71. The molecule has 3 aromatic rings. The predicted octanol–water partition coefficient (Wildman–Crippen LogP) is 2.15. The lowest BCUT2D eigenvalue weighted by Gasteiger charge is -2.24. The van der Waals surface area contributed by atoms with Crippen molar-refractivity contribution in [1.82, 2.24) is 29.3 Å². The van der Waals surface area contributed by atoms with Gasteiger partial charge in [0.15, 0.2) is 5.82 Å². The van der Waals surface area contributed by atoms with Gasteiger partial charge in [0.1, 0.15) is 10.0 Å². The summed E-state index contributed by atoms with van der Waals surface area (Å²) in [7, 11) is -3.19. The van der Waals surface area contributed by atoms with Crippen molar-refractivity contribution in [3.63, 3.8) is 0 Å². The Labute approximate surface area is 193 Å². The van der Waals surface area contributed by atoms with Gasteiger partial charge in [0.2, 0.25) is 5.88 Å². The summed E-state index contributed by atoms with van der Waals surface area (Å²) in [6.07, 6.45) is 9.60. The van der Waals surface area contributed by atoms with Gasteiger partial charge in [-0.15, -0.1) is 5.10 Å². The van der Waals surface area contributed by atoms with Crippen molar-refractivity contribution in [2.24, 2.45) is 7.05 Å². The van der Waals surface area contributed by atoms with E-state index in [1.165, 1.54) is 34.6 Å². The summed E-state index contributed by atoms with van der Waals surface area (Å²) in [4.78, 5) is 16.6. The Bertz CT molecular complexity index is 1250. The van der Waals surface area contributed by atoms with Gasteiger partial charge in [0.05, 0.1) is 17.9 Å². The van der Waals surface area contributed by atoms with Gasteiger partial charge in [0, 0.05) is 31.3 Å². The molecular formula is C19H25ClN6O4S2. The second-order valence-corrected chi connectivity index (χ2v) is 14.5. The average Bonchev–Trinajstić information content (AvgIpc) is 3.26. The van der Waals surface area contributed by atoms with E-state index in [4.69, 9.17) is 16.3 Å². The fraction of sp³-hybridized carbons (Fsp3) is 0.368. The molecule has 174 valence electrons. The number of nitrogens with one attached hydrogen (secondary N) is 1. The highest BCUT2D eigenvalue weighted by atomic mass is 35.5. The largest absolute Gasteiger partial charge is 0.476 e. The van der Waals surface area contributed by atoms with Crippen LogP contribution in [-0.2, 0) is 17.1 Å². The van der Waals surface area contributed by atoms with Gasteiger partial charge in [-0.25, -0.2) is 32.8 Å². The molecule has 1 amide bonds. The first kappa shape index (κ1) is 24.1. The van der Waals surface area contributed by atoms with Crippen molar-refractivity contribution < 1.29 is 17.9 Å². The molecule has 13 heteroatoms. The molecule has 0 aliphatic heterocycles. The Morgan fingerprint density at radius 1 is 1.19 bits per heavy atom. The topological polar surface area (TPSA) is 121 Å². The van der Waals surface area contributed by atoms with Crippen LogP contribution in [0.25, 0.3) is 5.82 Å². The number of nitrogens with zero attached hydrogens (tertiary/aromatic N) is 5. The monoisotopic (exact) mass is 500 g/mol. The zero-order chi connectivity index (χ0) is 23.7. The minimum Gasteiger partial charge on any atom is -0.476 e. The predicted molar refractivity (Wildman–Crippen MR) is 125 cm³/mol. The van der Waals surface area contributed by atoms with Crippen molar-refractivity contribution in [2.75, 3.05) is 31.1 Å². The van der Waals surface area contributed by atoms with Crippen molar-refractivity contribution in [1.29, 1.82) is 0 Å². The SMILES string of the molecule is Cc1nn(C)cc1S(=O)(=O)NC(=O)c1ccc(-n2ccc(OCCS(C)(C)C)n2)nc1Cl. The number of rotatable bonds is 8. The highest BCUT2D eigenvalue weighted by Crippen LogP contribution is 2.33. The molecule has 0 unspecified atom stereocenters. The second-order valence-electron chi connectivity index (χ2n) is 7.94. The summed E-state index contributed by atoms with van der Waals surface area (Å²) in [6, 6.07) is 4.60. The quantitative estimate of drug-likeness (QED) is 0.470. The summed E-state index contributed by atoms with van der Waals surface area (Å²) in [5, 5.41) is 8.13. The van der Waals surface area contributed by atoms with E-state index in [-0.39, 0.29) is 21.3 Å². The highest BCUT2D eigenvalue weighted by Gasteiger charge is 2.24. The number of ether oxygens (including phenoxy) is 1. The van der Waals surface area contributed by atoms with Crippen LogP contribution in [0, 0.1) is 6.92 Å². The Morgan fingerprint density at radius 3 is 2.50 bits per heavy atom. The molecule has 0 bridgehead atoms. The molecule has 0 radical (unpaired) electrons. The van der Waals surface area contributed by atoms with Crippen LogP contribution >= 0.6 is 21.6 Å². The summed E-state index contributed by atoms with van der Waals surface area (Å²) < 4.78 is 35.5. The number of aromatic nitrogens is 5. The van der Waals surface area contributed by atoms with Crippen LogP contribution in [0.4, 0.5) is 0 Å². The van der Waals surface area contributed by atoms with Crippen molar-refractivity contribution in [3.05, 3.63) is 47.0 Å². The molecule has 0 atom stereocenters. The fourth-order valence-electron chi connectivity index (χ4n) is 2.70. The molecule has 10 nitrogen and oxygen atoms in total. The van der Waals surface area contributed by atoms with E-state index in [0.29, 0.717) is 18.3 Å². The highest BCUT2D eigenvalue weighted by molar-refractivity contribution is 8.32. The molecule has 0 saturated heterocycles. The first-order valence-corrected chi connectivity index (χ1v) is 14.3. The van der Waals surface area contributed by atoms with Gasteiger partial charge < -0.3 is 4.74 Å². The molecule has 32 heavy (non-hydrogen) atoms. The zero-order valence-corrected chi connectivity index (χ0v) is 20.8. The molecule has 3 rings (SSSR count). The third-order valence-corrected chi connectivity index (χ3v) is 7.42. The van der Waals surface area contributed by atoms with E-state index in [1.54, 1.807) is 19.3 Å². The lowest BCUT2D eigenvalue weighted by molar-refractivity contribution is 0.0981. The van der Waals surface area contributed by atoms with Crippen LogP contribution in [0.3, 0.4) is 0 Å². The molecule has 3 aromatic heterocycles. The minimum absolute atomic E-state index is 0.0858. The van der Waals surface area contributed by atoms with Gasteiger partial charge in [-0.2, -0.15) is 5.10 Å². The third-order valence-electron chi connectivity index (χ3n) is 4.31. The average molecular weight is 501 g/mol. The van der Waals surface area contributed by atoms with Crippen LogP contribution in [0.15, 0.2) is 35.5 Å². The molecule has 0 aliphatic carbocycles. The van der Waals surface area contributed by atoms with Gasteiger partial charge in [-0.1, -0.05) is 11.6 Å². The van der Waals surface area contributed by atoms with Crippen LogP contribution < -0.4 is 9.46 Å². The maximum atomic E-state index is 12.5. The number of amides is 1. The van der Waals surface area contributed by atoms with Crippen molar-refractivity contribution >= 4 is 37.6 Å². The first-order valence-electron chi connectivity index (χ1n) is 9.44. The van der Waals surface area contributed by atoms with Crippen molar-refractivity contribution in [2.45, 2.75) is 11.8 Å². The number of carbonyl (C=O) groups excluding carboxylic acids is 1. The number of pyridine rings is 1. The van der Waals surface area contributed by atoms with Crippen molar-refractivity contribution in [3.8, 4) is 11.7 Å². The number of hydrogen-bond donors (Lipinski definition) is 1. The number of halogens is 1. The number of carbonyl (C=O) groups is 1. The zero-order valence-electron chi connectivity index (χ0n) is 18.4. The number of hydrogen-bond acceptors (Lipinski definition) is 7. The van der Waals surface area contributed by atoms with E-state index in [0.717, 1.165) is 5.75 Å². The van der Waals surface area contributed by atoms with Gasteiger partial charge in [-0.05, 0) is 37.8 Å². The van der Waals surface area contributed by atoms with Crippen LogP contribution in [0.2, 0.25) is 5.15 Å². The van der Waals surface area contributed by atoms with E-state index < -0.39 is 26.0 Å². The lowest BCUT2D eigenvalue weighted by Crippen LogP contribution is -2.31. The van der Waals surface area contributed by atoms with Crippen LogP contribution in [0.1, 0.15) is 16.1 Å². The van der Waals surface area contributed by atoms with Crippen LogP contribution in [0.5, 0.6) is 5.88 Å². The molecule has 0 spiro atoms. The Balaban J connectivity index is 1.73. The van der Waals surface area contributed by atoms with E-state index in [2.05, 4.69) is 33.9 Å². The summed E-state index contributed by atoms with van der Waals surface area (Å²) in [5.74, 6) is 0.862. The standard InChI is InChI=1S/C19H25ClN6O4S2/c1-13-15(12-25(2)22-13)32(28,29)24-19(27)14-6-7-16(21-18(14)20)26-9-8-17(23-26)30-10-11-31(3,4)5/h6-9,12H,10-11H2,1-5H3,(H,24,27). The molecule has 1 N–H and O–H groups in total. The lowest BCUT2D eigenvalue weighted by atomic mass is 10.3. The first-order chi connectivity index (χ1) is 14.9. The maximum absolute atomic E-state index is 12.5. The normalized spacial score (nSPS) is 12.6. The Morgan fingerprint density at radius 2 is 1.91 bits per heavy atom. The van der Waals surface area contributed by atoms with E-state index in [9.17, 15) is 13.2 Å². The van der Waals surface area contributed by atoms with Crippen LogP contribution in [-0.4, -0.2) is 70.0 Å². The second kappa shape index (κ2) is 9.12. The molecule has 0 aromatic carbocycles. The minimum atomic E-state index is -4.11. The summed E-state index contributed by atoms with van der Waals surface area (Å²) in [6.45, 7) is 2.10. The molecule has 0 aliphatic rings. The molecule has 0 fully saturated rings. The smallest absolute Gasteiger partial charge is 0.268 e. The maximum Gasteiger partial charge on any atom is 0.268 e. The van der Waals surface area contributed by atoms with E-state index >= 15 is 0 Å². The van der Waals surface area contributed by atoms with Gasteiger partial charge in [0.25, 0.3) is 15.9 Å². The number of sulfonamides is 1. The number of aryl methyl sites for hydroxylation is 2. The Hall–Kier alpha value is -2.57. The van der Waals surface area contributed by atoms with E-state index in [1.807, 2.05) is 4.72 Å². The van der Waals surface area contributed by atoms with Gasteiger partial charge >= 0.3 is 0 Å². The summed E-state index contributed by atoms with van der Waals surface area (Å²) >= 11 is 6.17. The molecular weight excluding hydrogens is 476 g/mol.